The number of benzene rings is 2. The molecule has 140 valence electrons. The van der Waals surface area contributed by atoms with Crippen molar-refractivity contribution in [2.24, 2.45) is 11.8 Å². The Morgan fingerprint density at radius 2 is 1.65 bits per heavy atom. The van der Waals surface area contributed by atoms with E-state index >= 15 is 0 Å². The monoisotopic (exact) mass is 353 g/mol. The Labute approximate surface area is 157 Å². The van der Waals surface area contributed by atoms with Crippen LogP contribution in [0.3, 0.4) is 0 Å². The highest BCUT2D eigenvalue weighted by molar-refractivity contribution is 5.27. The summed E-state index contributed by atoms with van der Waals surface area (Å²) in [5, 5.41) is 19.9. The van der Waals surface area contributed by atoms with E-state index < -0.39 is 6.10 Å². The summed E-state index contributed by atoms with van der Waals surface area (Å²) in [6.45, 7) is 5.49. The van der Waals surface area contributed by atoms with E-state index in [0.717, 1.165) is 24.4 Å². The first-order chi connectivity index (χ1) is 12.6. The third-order valence-electron chi connectivity index (χ3n) is 5.75. The lowest BCUT2D eigenvalue weighted by atomic mass is 9.89. The van der Waals surface area contributed by atoms with E-state index in [2.05, 4.69) is 42.2 Å². The van der Waals surface area contributed by atoms with Gasteiger partial charge in [0.25, 0.3) is 0 Å². The molecule has 0 bridgehead atoms. The molecule has 2 aromatic rings. The number of aliphatic hydroxyl groups excluding tert-OH is 1. The fraction of sp³-hybridized carbons (Fsp3) is 0.478. The number of phenols is 1. The number of aliphatic hydroxyl groups is 1. The molecule has 1 saturated heterocycles. The van der Waals surface area contributed by atoms with E-state index in [9.17, 15) is 10.2 Å². The van der Waals surface area contributed by atoms with Gasteiger partial charge < -0.3 is 15.1 Å². The second kappa shape index (κ2) is 9.20. The minimum absolute atomic E-state index is 0.210. The van der Waals surface area contributed by atoms with Crippen LogP contribution in [0.15, 0.2) is 54.6 Å². The standard InChI is InChI=1S/C23H31NO2/c1-18(23(26)21-7-9-22(25)10-8-21)11-14-24-15-12-20(13-16-24)17-19-5-3-2-4-6-19/h2-10,18,20,23,25-26H,11-17H2,1H3/t18?,23-/m0/s1. The van der Waals surface area contributed by atoms with Crippen molar-refractivity contribution in [1.82, 2.24) is 4.90 Å². The summed E-state index contributed by atoms with van der Waals surface area (Å²) in [4.78, 5) is 2.54. The third kappa shape index (κ3) is 5.33. The maximum atomic E-state index is 10.5. The molecule has 0 aliphatic carbocycles. The van der Waals surface area contributed by atoms with Gasteiger partial charge in [-0.1, -0.05) is 49.4 Å². The van der Waals surface area contributed by atoms with E-state index in [-0.39, 0.29) is 11.7 Å². The van der Waals surface area contributed by atoms with Gasteiger partial charge in [-0.2, -0.15) is 0 Å². The van der Waals surface area contributed by atoms with E-state index in [1.54, 1.807) is 12.1 Å². The molecule has 2 atom stereocenters. The van der Waals surface area contributed by atoms with Crippen molar-refractivity contribution >= 4 is 0 Å². The van der Waals surface area contributed by atoms with Gasteiger partial charge in [0.2, 0.25) is 0 Å². The van der Waals surface area contributed by atoms with Gasteiger partial charge in [0.15, 0.2) is 0 Å². The van der Waals surface area contributed by atoms with Crippen molar-refractivity contribution in [3.63, 3.8) is 0 Å². The molecule has 0 aromatic heterocycles. The average Bonchev–Trinajstić information content (AvgIpc) is 2.68. The summed E-state index contributed by atoms with van der Waals surface area (Å²) in [6, 6.07) is 17.7. The predicted octanol–water partition coefficient (Wildman–Crippen LogP) is 4.41. The van der Waals surface area contributed by atoms with E-state index in [0.29, 0.717) is 0 Å². The number of nitrogens with zero attached hydrogens (tertiary/aromatic N) is 1. The van der Waals surface area contributed by atoms with Gasteiger partial charge in [-0.15, -0.1) is 0 Å². The Hall–Kier alpha value is -1.84. The van der Waals surface area contributed by atoms with Crippen molar-refractivity contribution in [3.8, 4) is 5.75 Å². The number of rotatable bonds is 7. The molecule has 2 N–H and O–H groups in total. The molecule has 1 unspecified atom stereocenters. The molecule has 3 rings (SSSR count). The Balaban J connectivity index is 1.39. The average molecular weight is 354 g/mol. The van der Waals surface area contributed by atoms with Crippen LogP contribution in [-0.2, 0) is 6.42 Å². The predicted molar refractivity (Wildman–Crippen MR) is 106 cm³/mol. The minimum atomic E-state index is -0.466. The molecule has 0 radical (unpaired) electrons. The Kier molecular flexibility index (Phi) is 6.70. The van der Waals surface area contributed by atoms with Gasteiger partial charge in [0.1, 0.15) is 5.75 Å². The number of hydrogen-bond donors (Lipinski definition) is 2. The summed E-state index contributed by atoms with van der Waals surface area (Å²) >= 11 is 0. The smallest absolute Gasteiger partial charge is 0.115 e. The second-order valence-corrected chi connectivity index (χ2v) is 7.78. The molecule has 1 aliphatic heterocycles. The molecule has 0 amide bonds. The lowest BCUT2D eigenvalue weighted by Crippen LogP contribution is -2.35. The van der Waals surface area contributed by atoms with E-state index in [1.165, 1.54) is 37.9 Å². The van der Waals surface area contributed by atoms with Crippen molar-refractivity contribution in [3.05, 3.63) is 65.7 Å². The number of aromatic hydroxyl groups is 1. The third-order valence-corrected chi connectivity index (χ3v) is 5.75. The van der Waals surface area contributed by atoms with Crippen molar-refractivity contribution in [2.75, 3.05) is 19.6 Å². The maximum Gasteiger partial charge on any atom is 0.115 e. The Morgan fingerprint density at radius 1 is 1.00 bits per heavy atom. The Bertz CT molecular complexity index is 648. The SMILES string of the molecule is CC(CCN1CCC(Cc2ccccc2)CC1)[C@H](O)c1ccc(O)cc1. The fourth-order valence-corrected chi connectivity index (χ4v) is 3.91. The van der Waals surface area contributed by atoms with Crippen molar-refractivity contribution in [1.29, 1.82) is 0 Å². The van der Waals surface area contributed by atoms with Gasteiger partial charge >= 0.3 is 0 Å². The molecule has 1 aliphatic rings. The summed E-state index contributed by atoms with van der Waals surface area (Å²) in [6.07, 6.45) is 4.26. The highest BCUT2D eigenvalue weighted by atomic mass is 16.3. The molecule has 3 nitrogen and oxygen atoms in total. The largest absolute Gasteiger partial charge is 0.508 e. The molecular formula is C23H31NO2. The molecule has 26 heavy (non-hydrogen) atoms. The van der Waals surface area contributed by atoms with Crippen LogP contribution < -0.4 is 0 Å². The second-order valence-electron chi connectivity index (χ2n) is 7.78. The molecule has 1 fully saturated rings. The van der Waals surface area contributed by atoms with Crippen LogP contribution in [0.4, 0.5) is 0 Å². The van der Waals surface area contributed by atoms with Crippen LogP contribution >= 0.6 is 0 Å². The summed E-state index contributed by atoms with van der Waals surface area (Å²) < 4.78 is 0. The van der Waals surface area contributed by atoms with Crippen LogP contribution in [0.2, 0.25) is 0 Å². The van der Waals surface area contributed by atoms with Gasteiger partial charge in [-0.3, -0.25) is 0 Å². The van der Waals surface area contributed by atoms with Crippen LogP contribution in [0.1, 0.15) is 43.4 Å². The highest BCUT2D eigenvalue weighted by Crippen LogP contribution is 2.27. The Morgan fingerprint density at radius 3 is 2.31 bits per heavy atom. The van der Waals surface area contributed by atoms with Crippen LogP contribution in [0.25, 0.3) is 0 Å². The molecule has 0 spiro atoms. The van der Waals surface area contributed by atoms with E-state index in [1.807, 2.05) is 12.1 Å². The summed E-state index contributed by atoms with van der Waals surface area (Å²) in [7, 11) is 0. The number of piperidine rings is 1. The lowest BCUT2D eigenvalue weighted by Gasteiger charge is -2.33. The zero-order chi connectivity index (χ0) is 18.4. The maximum absolute atomic E-state index is 10.5. The fourth-order valence-electron chi connectivity index (χ4n) is 3.91. The van der Waals surface area contributed by atoms with Crippen molar-refractivity contribution in [2.45, 2.75) is 38.7 Å². The normalized spacial score (nSPS) is 18.5. The van der Waals surface area contributed by atoms with Crippen LogP contribution in [-0.4, -0.2) is 34.7 Å². The number of phenolic OH excluding ortho intramolecular Hbond substituents is 1. The first-order valence-electron chi connectivity index (χ1n) is 9.85. The molecule has 1 heterocycles. The highest BCUT2D eigenvalue weighted by Gasteiger charge is 2.22. The topological polar surface area (TPSA) is 43.7 Å². The quantitative estimate of drug-likeness (QED) is 0.775. The minimum Gasteiger partial charge on any atom is -0.508 e. The molecular weight excluding hydrogens is 322 g/mol. The van der Waals surface area contributed by atoms with Crippen LogP contribution in [0, 0.1) is 11.8 Å². The van der Waals surface area contributed by atoms with Gasteiger partial charge in [-0.05, 0) is 80.4 Å². The molecule has 0 saturated carbocycles. The lowest BCUT2D eigenvalue weighted by molar-refractivity contribution is 0.0968. The zero-order valence-corrected chi connectivity index (χ0v) is 15.7. The van der Waals surface area contributed by atoms with Gasteiger partial charge in [-0.25, -0.2) is 0 Å². The first kappa shape index (κ1) is 18.9. The zero-order valence-electron chi connectivity index (χ0n) is 15.7. The molecule has 3 heteroatoms. The van der Waals surface area contributed by atoms with Crippen LogP contribution in [0.5, 0.6) is 5.75 Å². The van der Waals surface area contributed by atoms with Crippen molar-refractivity contribution < 1.29 is 10.2 Å². The first-order valence-corrected chi connectivity index (χ1v) is 9.85. The number of likely N-dealkylation sites (tertiary alicyclic amines) is 1. The summed E-state index contributed by atoms with van der Waals surface area (Å²) in [5.41, 5.74) is 2.34. The van der Waals surface area contributed by atoms with Gasteiger partial charge in [0.05, 0.1) is 6.10 Å². The molecule has 2 aromatic carbocycles. The van der Waals surface area contributed by atoms with Gasteiger partial charge in [0, 0.05) is 0 Å². The number of hydrogen-bond acceptors (Lipinski definition) is 3. The van der Waals surface area contributed by atoms with E-state index in [4.69, 9.17) is 0 Å². The summed E-state index contributed by atoms with van der Waals surface area (Å²) in [5.74, 6) is 1.25.